The Morgan fingerprint density at radius 3 is 2.42 bits per heavy atom. The lowest BCUT2D eigenvalue weighted by atomic mass is 9.94. The molecule has 2 amide bonds. The maximum absolute atomic E-state index is 13.4. The zero-order valence-electron chi connectivity index (χ0n) is 21.3. The molecule has 1 aliphatic carbocycles. The van der Waals surface area contributed by atoms with E-state index in [0.717, 1.165) is 52.1 Å². The normalized spacial score (nSPS) is 15.0. The van der Waals surface area contributed by atoms with Crippen molar-refractivity contribution in [1.82, 2.24) is 4.90 Å². The van der Waals surface area contributed by atoms with Crippen molar-refractivity contribution >= 4 is 17.5 Å². The second-order valence-electron chi connectivity index (χ2n) is 10.2. The largest absolute Gasteiger partial charge is 0.454 e. The zero-order valence-corrected chi connectivity index (χ0v) is 21.3. The number of nitrogens with one attached hydrogen (secondary N) is 1. The Kier molecular flexibility index (Phi) is 6.20. The van der Waals surface area contributed by atoms with Gasteiger partial charge in [-0.25, -0.2) is 0 Å². The number of carbonyl (C=O) groups is 2. The number of anilines is 1. The van der Waals surface area contributed by atoms with E-state index in [-0.39, 0.29) is 26.0 Å². The molecule has 188 valence electrons. The van der Waals surface area contributed by atoms with Gasteiger partial charge < -0.3 is 19.7 Å². The Balaban J connectivity index is 0.00000320. The van der Waals surface area contributed by atoms with Crippen LogP contribution in [0.25, 0.3) is 11.1 Å². The summed E-state index contributed by atoms with van der Waals surface area (Å²) in [7, 11) is 1.84. The van der Waals surface area contributed by atoms with Crippen molar-refractivity contribution < 1.29 is 20.5 Å². The van der Waals surface area contributed by atoms with Gasteiger partial charge in [0.1, 0.15) is 0 Å². The van der Waals surface area contributed by atoms with Gasteiger partial charge in [-0.15, -0.1) is 0 Å². The van der Waals surface area contributed by atoms with Crippen LogP contribution in [0.3, 0.4) is 0 Å². The number of nitrogens with zero attached hydrogens (tertiary/aromatic N) is 1. The van der Waals surface area contributed by atoms with Gasteiger partial charge in [0.25, 0.3) is 0 Å². The maximum Gasteiger partial charge on any atom is 0.235 e. The van der Waals surface area contributed by atoms with Gasteiger partial charge in [0.15, 0.2) is 11.5 Å². The van der Waals surface area contributed by atoms with Gasteiger partial charge >= 0.3 is 0 Å². The number of amides is 2. The summed E-state index contributed by atoms with van der Waals surface area (Å²) in [5.41, 5.74) is 5.57. The number of benzene rings is 3. The summed E-state index contributed by atoms with van der Waals surface area (Å²) >= 11 is 0. The van der Waals surface area contributed by atoms with Gasteiger partial charge in [-0.05, 0) is 71.8 Å². The number of carbonyl (C=O) groups excluding carboxylic acids is 2. The van der Waals surface area contributed by atoms with E-state index in [9.17, 15) is 9.59 Å². The number of ether oxygens (including phenoxy) is 2. The second kappa shape index (κ2) is 9.34. The SMILES string of the molecule is Cc1ccc(NC(=O)C2(c3ccc4c(c3)OCO4)CC2)cc1-c1ccc(CN(C)C(=O)C(C)C)cc1.[HH]. The molecule has 0 saturated heterocycles. The third-order valence-corrected chi connectivity index (χ3v) is 7.16. The number of hydrogen-bond donors (Lipinski definition) is 1. The van der Waals surface area contributed by atoms with Crippen molar-refractivity contribution in [1.29, 1.82) is 0 Å². The molecule has 36 heavy (non-hydrogen) atoms. The molecule has 0 bridgehead atoms. The number of hydrogen-bond acceptors (Lipinski definition) is 4. The average molecular weight is 487 g/mol. The fraction of sp³-hybridized carbons (Fsp3) is 0.333. The number of aryl methyl sites for hydroxylation is 1. The fourth-order valence-corrected chi connectivity index (χ4v) is 4.81. The van der Waals surface area contributed by atoms with E-state index in [0.29, 0.717) is 12.3 Å². The molecular weight excluding hydrogens is 452 g/mol. The van der Waals surface area contributed by atoms with Crippen LogP contribution >= 0.6 is 0 Å². The van der Waals surface area contributed by atoms with E-state index < -0.39 is 5.41 Å². The average Bonchev–Trinajstić information content (AvgIpc) is 3.56. The third-order valence-electron chi connectivity index (χ3n) is 7.16. The summed E-state index contributed by atoms with van der Waals surface area (Å²) in [6.45, 7) is 6.69. The topological polar surface area (TPSA) is 67.9 Å². The van der Waals surface area contributed by atoms with E-state index in [1.165, 1.54) is 0 Å². The Labute approximate surface area is 213 Å². The van der Waals surface area contributed by atoms with Gasteiger partial charge in [-0.2, -0.15) is 0 Å². The predicted molar refractivity (Wildman–Crippen MR) is 142 cm³/mol. The zero-order chi connectivity index (χ0) is 25.4. The van der Waals surface area contributed by atoms with Crippen LogP contribution in [0, 0.1) is 12.8 Å². The second-order valence-corrected chi connectivity index (χ2v) is 10.2. The van der Waals surface area contributed by atoms with Crippen LogP contribution in [-0.2, 0) is 21.5 Å². The molecule has 3 aromatic rings. The molecule has 1 fully saturated rings. The van der Waals surface area contributed by atoms with Crippen LogP contribution in [0.5, 0.6) is 11.5 Å². The first-order chi connectivity index (χ1) is 17.3. The Morgan fingerprint density at radius 1 is 1.00 bits per heavy atom. The molecule has 0 spiro atoms. The first-order valence-corrected chi connectivity index (χ1v) is 12.4. The molecule has 0 aromatic heterocycles. The van der Waals surface area contributed by atoms with Gasteiger partial charge in [0.2, 0.25) is 18.6 Å². The monoisotopic (exact) mass is 486 g/mol. The molecule has 1 heterocycles. The van der Waals surface area contributed by atoms with E-state index in [1.54, 1.807) is 4.90 Å². The molecule has 6 heteroatoms. The first kappa shape index (κ1) is 23.9. The molecule has 1 aliphatic heterocycles. The molecule has 6 nitrogen and oxygen atoms in total. The van der Waals surface area contributed by atoms with Gasteiger partial charge in [-0.3, -0.25) is 9.59 Å². The Morgan fingerprint density at radius 2 is 1.72 bits per heavy atom. The lowest BCUT2D eigenvalue weighted by Gasteiger charge is -2.20. The quantitative estimate of drug-likeness (QED) is 0.450. The lowest BCUT2D eigenvalue weighted by molar-refractivity contribution is -0.133. The van der Waals surface area contributed by atoms with Crippen molar-refractivity contribution in [2.24, 2.45) is 5.92 Å². The summed E-state index contributed by atoms with van der Waals surface area (Å²) in [4.78, 5) is 27.3. The summed E-state index contributed by atoms with van der Waals surface area (Å²) in [5.74, 6) is 1.54. The number of rotatable bonds is 7. The highest BCUT2D eigenvalue weighted by atomic mass is 16.7. The minimum Gasteiger partial charge on any atom is -0.454 e. The number of fused-ring (bicyclic) bond motifs is 1. The summed E-state index contributed by atoms with van der Waals surface area (Å²) in [5, 5.41) is 3.15. The van der Waals surface area contributed by atoms with Crippen LogP contribution in [-0.4, -0.2) is 30.6 Å². The highest BCUT2D eigenvalue weighted by molar-refractivity contribution is 6.02. The van der Waals surface area contributed by atoms with E-state index in [4.69, 9.17) is 9.47 Å². The maximum atomic E-state index is 13.4. The molecule has 0 atom stereocenters. The summed E-state index contributed by atoms with van der Waals surface area (Å²) in [6.07, 6.45) is 1.62. The molecule has 2 aliphatic rings. The van der Waals surface area contributed by atoms with Gasteiger partial charge in [-0.1, -0.05) is 50.2 Å². The summed E-state index contributed by atoms with van der Waals surface area (Å²) in [6, 6.07) is 20.1. The van der Waals surface area contributed by atoms with Crippen LogP contribution in [0.15, 0.2) is 60.7 Å². The molecular formula is C30H34N2O4. The molecule has 0 unspecified atom stereocenters. The van der Waals surface area contributed by atoms with E-state index in [2.05, 4.69) is 36.5 Å². The Bertz CT molecular complexity index is 1320. The van der Waals surface area contributed by atoms with Crippen molar-refractivity contribution in [3.63, 3.8) is 0 Å². The molecule has 3 aromatic carbocycles. The fourth-order valence-electron chi connectivity index (χ4n) is 4.81. The first-order valence-electron chi connectivity index (χ1n) is 12.4. The van der Waals surface area contributed by atoms with Crippen LogP contribution < -0.4 is 14.8 Å². The minimum absolute atomic E-state index is 0. The standard InChI is InChI=1S/C30H32N2O4.H2/c1-19(2)28(33)32(4)17-21-6-8-22(9-7-21)25-16-24(11-5-20(25)3)31-29(34)30(13-14-30)23-10-12-26-27(15-23)36-18-35-26;/h5-12,15-16,19H,13-14,17-18H2,1-4H3,(H,31,34);1H. The van der Waals surface area contributed by atoms with Crippen molar-refractivity contribution in [2.75, 3.05) is 19.2 Å². The van der Waals surface area contributed by atoms with Crippen LogP contribution in [0.2, 0.25) is 0 Å². The lowest BCUT2D eigenvalue weighted by Crippen LogP contribution is -2.29. The van der Waals surface area contributed by atoms with Gasteiger partial charge in [0, 0.05) is 26.6 Å². The van der Waals surface area contributed by atoms with Crippen molar-refractivity contribution in [2.45, 2.75) is 45.6 Å². The van der Waals surface area contributed by atoms with Crippen LogP contribution in [0.4, 0.5) is 5.69 Å². The third kappa shape index (κ3) is 4.55. The predicted octanol–water partition coefficient (Wildman–Crippen LogP) is 5.92. The van der Waals surface area contributed by atoms with Crippen LogP contribution in [0.1, 0.15) is 44.8 Å². The molecule has 1 N–H and O–H groups in total. The van der Waals surface area contributed by atoms with Crippen molar-refractivity contribution in [3.8, 4) is 22.6 Å². The highest BCUT2D eigenvalue weighted by Gasteiger charge is 2.51. The summed E-state index contributed by atoms with van der Waals surface area (Å²) < 4.78 is 10.9. The van der Waals surface area contributed by atoms with E-state index >= 15 is 0 Å². The molecule has 5 rings (SSSR count). The van der Waals surface area contributed by atoms with E-state index in [1.807, 2.05) is 57.3 Å². The smallest absolute Gasteiger partial charge is 0.235 e. The van der Waals surface area contributed by atoms with Gasteiger partial charge in [0.05, 0.1) is 5.41 Å². The highest BCUT2D eigenvalue weighted by Crippen LogP contribution is 2.51. The molecule has 1 saturated carbocycles. The van der Waals surface area contributed by atoms with Crippen molar-refractivity contribution in [3.05, 3.63) is 77.4 Å². The minimum atomic E-state index is -0.521. The Hall–Kier alpha value is -3.80. The molecule has 0 radical (unpaired) electrons.